The van der Waals surface area contributed by atoms with E-state index in [0.717, 1.165) is 37.9 Å². The molecule has 1 aromatic heterocycles. The van der Waals surface area contributed by atoms with E-state index >= 15 is 0 Å². The standard InChI is InChI=1S/C33H25N2O4PS/c34-24-31(39-40(36,37)38)23-26-11-16-27(17-12-26)33-22-21-32(41-33)20-15-25-13-18-30(19-14-25)35(28-7-3-1-4-8-28)29-9-5-2-6-10-29/h1-23H,(H2,36,37,38). The third-order valence-electron chi connectivity index (χ3n) is 6.07. The van der Waals surface area contributed by atoms with Crippen molar-refractivity contribution in [3.8, 4) is 16.5 Å². The summed E-state index contributed by atoms with van der Waals surface area (Å²) < 4.78 is 15.4. The maximum Gasteiger partial charge on any atom is 0.525 e. The van der Waals surface area contributed by atoms with Gasteiger partial charge in [0.1, 0.15) is 6.07 Å². The third-order valence-corrected chi connectivity index (χ3v) is 7.60. The summed E-state index contributed by atoms with van der Waals surface area (Å²) in [5.74, 6) is -0.449. The molecule has 0 saturated carbocycles. The Kier molecular flexibility index (Phi) is 8.59. The zero-order chi connectivity index (χ0) is 28.7. The Morgan fingerprint density at radius 1 is 0.732 bits per heavy atom. The van der Waals surface area contributed by atoms with Crippen molar-refractivity contribution >= 4 is 54.4 Å². The van der Waals surface area contributed by atoms with E-state index in [1.165, 1.54) is 6.08 Å². The Bertz CT molecular complexity index is 1710. The molecule has 0 atom stereocenters. The predicted molar refractivity (Wildman–Crippen MR) is 167 cm³/mol. The molecular weight excluding hydrogens is 551 g/mol. The van der Waals surface area contributed by atoms with Gasteiger partial charge in [0, 0.05) is 26.8 Å². The molecule has 5 rings (SSSR count). The number of nitrogens with zero attached hydrogens (tertiary/aromatic N) is 2. The molecule has 0 unspecified atom stereocenters. The highest BCUT2D eigenvalue weighted by atomic mass is 32.1. The average molecular weight is 577 g/mol. The van der Waals surface area contributed by atoms with Crippen LogP contribution in [0.1, 0.15) is 16.0 Å². The smallest absolute Gasteiger partial charge is 0.393 e. The summed E-state index contributed by atoms with van der Waals surface area (Å²) in [6, 6.07) is 42.1. The Morgan fingerprint density at radius 2 is 1.29 bits per heavy atom. The van der Waals surface area contributed by atoms with Gasteiger partial charge in [-0.1, -0.05) is 78.9 Å². The molecule has 0 aliphatic carbocycles. The topological polar surface area (TPSA) is 93.8 Å². The highest BCUT2D eigenvalue weighted by Gasteiger charge is 2.17. The summed E-state index contributed by atoms with van der Waals surface area (Å²) in [7, 11) is -4.79. The Morgan fingerprint density at radius 3 is 1.85 bits per heavy atom. The van der Waals surface area contributed by atoms with E-state index < -0.39 is 13.6 Å². The van der Waals surface area contributed by atoms with Gasteiger partial charge in [0.2, 0.25) is 5.76 Å². The lowest BCUT2D eigenvalue weighted by Crippen LogP contribution is -2.09. The van der Waals surface area contributed by atoms with Crippen molar-refractivity contribution in [3.05, 3.63) is 143 Å². The first-order valence-corrected chi connectivity index (χ1v) is 15.0. The Balaban J connectivity index is 1.29. The summed E-state index contributed by atoms with van der Waals surface area (Å²) in [5.41, 5.74) is 5.94. The average Bonchev–Trinajstić information content (AvgIpc) is 3.46. The van der Waals surface area contributed by atoms with Crippen LogP contribution in [0.5, 0.6) is 0 Å². The van der Waals surface area contributed by atoms with Gasteiger partial charge in [-0.3, -0.25) is 9.79 Å². The monoisotopic (exact) mass is 576 g/mol. The predicted octanol–water partition coefficient (Wildman–Crippen LogP) is 9.03. The summed E-state index contributed by atoms with van der Waals surface area (Å²) >= 11 is 1.65. The molecule has 0 saturated heterocycles. The van der Waals surface area contributed by atoms with E-state index in [9.17, 15) is 4.57 Å². The molecule has 0 fully saturated rings. The van der Waals surface area contributed by atoms with Gasteiger partial charge in [0.25, 0.3) is 0 Å². The lowest BCUT2D eigenvalue weighted by atomic mass is 10.1. The number of anilines is 3. The number of phosphoric acid groups is 1. The van der Waals surface area contributed by atoms with Gasteiger partial charge in [0.05, 0.1) is 0 Å². The fraction of sp³-hybridized carbons (Fsp3) is 0. The van der Waals surface area contributed by atoms with Crippen molar-refractivity contribution < 1.29 is 18.9 Å². The fourth-order valence-electron chi connectivity index (χ4n) is 4.21. The highest BCUT2D eigenvalue weighted by Crippen LogP contribution is 2.39. The number of hydrogen-bond donors (Lipinski definition) is 2. The molecule has 0 aliphatic rings. The summed E-state index contributed by atoms with van der Waals surface area (Å²) in [4.78, 5) is 22.2. The number of rotatable bonds is 9. The number of allylic oxidation sites excluding steroid dienone is 1. The van der Waals surface area contributed by atoms with E-state index in [-0.39, 0.29) is 0 Å². The lowest BCUT2D eigenvalue weighted by molar-refractivity contribution is 0.250. The van der Waals surface area contributed by atoms with Crippen molar-refractivity contribution in [1.29, 1.82) is 5.26 Å². The molecule has 2 N–H and O–H groups in total. The van der Waals surface area contributed by atoms with Crippen molar-refractivity contribution in [2.75, 3.05) is 4.90 Å². The summed E-state index contributed by atoms with van der Waals surface area (Å²) in [6.45, 7) is 0. The maximum atomic E-state index is 11.0. The van der Waals surface area contributed by atoms with Crippen LogP contribution >= 0.6 is 19.2 Å². The molecule has 202 valence electrons. The van der Waals surface area contributed by atoms with E-state index in [1.54, 1.807) is 29.5 Å². The molecule has 5 aromatic rings. The molecule has 0 spiro atoms. The first-order chi connectivity index (χ1) is 19.9. The second kappa shape index (κ2) is 12.6. The Hall–Kier alpha value is -4.70. The van der Waals surface area contributed by atoms with Crippen LogP contribution < -0.4 is 4.90 Å². The molecular formula is C33H25N2O4PS. The van der Waals surface area contributed by atoms with Crippen molar-refractivity contribution in [1.82, 2.24) is 0 Å². The fourth-order valence-corrected chi connectivity index (χ4v) is 5.48. The molecule has 6 nitrogen and oxygen atoms in total. The molecule has 0 bridgehead atoms. The molecule has 1 heterocycles. The molecule has 8 heteroatoms. The number of phosphoric ester groups is 1. The minimum Gasteiger partial charge on any atom is -0.393 e. The molecule has 0 radical (unpaired) electrons. The second-order valence-corrected chi connectivity index (χ2v) is 11.2. The van der Waals surface area contributed by atoms with Crippen LogP contribution in [-0.4, -0.2) is 9.79 Å². The van der Waals surface area contributed by atoms with Crippen molar-refractivity contribution in [2.24, 2.45) is 0 Å². The number of hydrogen-bond acceptors (Lipinski definition) is 5. The van der Waals surface area contributed by atoms with E-state index in [4.69, 9.17) is 15.0 Å². The second-order valence-electron chi connectivity index (χ2n) is 8.96. The van der Waals surface area contributed by atoms with Gasteiger partial charge in [0.15, 0.2) is 0 Å². The molecule has 4 aromatic carbocycles. The summed E-state index contributed by atoms with van der Waals surface area (Å²) in [6.07, 6.45) is 5.47. The SMILES string of the molecule is N#CC(=Cc1ccc(-c2ccc(C=Cc3ccc(N(c4ccccc4)c4ccccc4)cc3)s2)cc1)OP(=O)(O)O. The lowest BCUT2D eigenvalue weighted by Gasteiger charge is -2.25. The minimum atomic E-state index is -4.79. The summed E-state index contributed by atoms with van der Waals surface area (Å²) in [5, 5.41) is 9.06. The van der Waals surface area contributed by atoms with Gasteiger partial charge in [-0.15, -0.1) is 11.3 Å². The van der Waals surface area contributed by atoms with Crippen LogP contribution in [0.15, 0.2) is 127 Å². The van der Waals surface area contributed by atoms with Crippen LogP contribution in [-0.2, 0) is 9.09 Å². The van der Waals surface area contributed by atoms with E-state index in [0.29, 0.717) is 5.56 Å². The first-order valence-electron chi connectivity index (χ1n) is 12.6. The normalized spacial score (nSPS) is 11.8. The number of benzene rings is 4. The van der Waals surface area contributed by atoms with Crippen LogP contribution in [0.3, 0.4) is 0 Å². The van der Waals surface area contributed by atoms with E-state index in [1.807, 2.05) is 54.6 Å². The van der Waals surface area contributed by atoms with Gasteiger partial charge < -0.3 is 9.42 Å². The minimum absolute atomic E-state index is 0.449. The van der Waals surface area contributed by atoms with Gasteiger partial charge >= 0.3 is 7.82 Å². The van der Waals surface area contributed by atoms with Gasteiger partial charge in [-0.2, -0.15) is 5.26 Å². The van der Waals surface area contributed by atoms with Crippen LogP contribution in [0, 0.1) is 11.3 Å². The van der Waals surface area contributed by atoms with Gasteiger partial charge in [-0.25, -0.2) is 4.57 Å². The first kappa shape index (κ1) is 27.9. The Labute approximate surface area is 242 Å². The maximum absolute atomic E-state index is 11.0. The van der Waals surface area contributed by atoms with Gasteiger partial charge in [-0.05, 0) is 77.4 Å². The highest BCUT2D eigenvalue weighted by molar-refractivity contribution is 7.46. The quantitative estimate of drug-likeness (QED) is 0.103. The van der Waals surface area contributed by atoms with Crippen LogP contribution in [0.25, 0.3) is 28.7 Å². The zero-order valence-electron chi connectivity index (χ0n) is 21.7. The molecule has 41 heavy (non-hydrogen) atoms. The van der Waals surface area contributed by atoms with Crippen molar-refractivity contribution in [2.45, 2.75) is 0 Å². The number of nitriles is 1. The number of para-hydroxylation sites is 2. The molecule has 0 amide bonds. The third kappa shape index (κ3) is 7.49. The van der Waals surface area contributed by atoms with E-state index in [2.05, 4.69) is 76.2 Å². The largest absolute Gasteiger partial charge is 0.525 e. The van der Waals surface area contributed by atoms with Crippen molar-refractivity contribution in [3.63, 3.8) is 0 Å². The van der Waals surface area contributed by atoms with Crippen LogP contribution in [0.2, 0.25) is 0 Å². The number of thiophene rings is 1. The molecule has 0 aliphatic heterocycles. The van der Waals surface area contributed by atoms with Crippen LogP contribution in [0.4, 0.5) is 17.1 Å². The zero-order valence-corrected chi connectivity index (χ0v) is 23.5.